The van der Waals surface area contributed by atoms with E-state index >= 15 is 0 Å². The molecule has 2 rings (SSSR count). The Morgan fingerprint density at radius 3 is 2.26 bits per heavy atom. The minimum absolute atomic E-state index is 0.0232. The smallest absolute Gasteiger partial charge is 0.259 e. The number of nitrogens with zero attached hydrogens (tertiary/aromatic N) is 1. The van der Waals surface area contributed by atoms with Gasteiger partial charge in [-0.25, -0.2) is 0 Å². The molecule has 0 heterocycles. The van der Waals surface area contributed by atoms with Crippen LogP contribution in [0.2, 0.25) is 0 Å². The SMILES string of the molecule is CN(C)c1ccc(NC(=O)c2ccccc2O)cc1. The first-order valence-electron chi connectivity index (χ1n) is 5.94. The molecule has 0 bridgehead atoms. The van der Waals surface area contributed by atoms with E-state index in [1.54, 1.807) is 18.2 Å². The van der Waals surface area contributed by atoms with Crippen LogP contribution in [0.15, 0.2) is 48.5 Å². The van der Waals surface area contributed by atoms with Crippen molar-refractivity contribution in [3.8, 4) is 5.75 Å². The third-order valence-corrected chi connectivity index (χ3v) is 2.79. The highest BCUT2D eigenvalue weighted by Gasteiger charge is 2.10. The number of nitrogens with one attached hydrogen (secondary N) is 1. The summed E-state index contributed by atoms with van der Waals surface area (Å²) in [6.45, 7) is 0. The lowest BCUT2D eigenvalue weighted by Gasteiger charge is -2.13. The Bertz CT molecular complexity index is 577. The molecular weight excluding hydrogens is 240 g/mol. The second-order valence-corrected chi connectivity index (χ2v) is 4.41. The molecule has 0 aliphatic rings. The summed E-state index contributed by atoms with van der Waals surface area (Å²) in [6.07, 6.45) is 0. The summed E-state index contributed by atoms with van der Waals surface area (Å²) in [5.41, 5.74) is 2.01. The lowest BCUT2D eigenvalue weighted by atomic mass is 10.2. The molecule has 0 saturated carbocycles. The lowest BCUT2D eigenvalue weighted by molar-refractivity contribution is 0.102. The van der Waals surface area contributed by atoms with Crippen molar-refractivity contribution in [2.24, 2.45) is 0 Å². The Labute approximate surface area is 112 Å². The summed E-state index contributed by atoms with van der Waals surface area (Å²) in [4.78, 5) is 14.0. The molecule has 0 unspecified atom stereocenters. The molecule has 4 nitrogen and oxygen atoms in total. The van der Waals surface area contributed by atoms with Crippen LogP contribution >= 0.6 is 0 Å². The number of benzene rings is 2. The molecule has 98 valence electrons. The van der Waals surface area contributed by atoms with Crippen molar-refractivity contribution in [1.29, 1.82) is 0 Å². The van der Waals surface area contributed by atoms with E-state index in [1.807, 2.05) is 43.3 Å². The Morgan fingerprint density at radius 2 is 1.68 bits per heavy atom. The summed E-state index contributed by atoms with van der Waals surface area (Å²) in [5.74, 6) is -0.347. The first kappa shape index (κ1) is 13.0. The number of para-hydroxylation sites is 1. The molecule has 0 spiro atoms. The number of hydrogen-bond acceptors (Lipinski definition) is 3. The van der Waals surface area contributed by atoms with Crippen LogP contribution in [-0.4, -0.2) is 25.1 Å². The first-order valence-corrected chi connectivity index (χ1v) is 5.94. The molecule has 19 heavy (non-hydrogen) atoms. The van der Waals surface area contributed by atoms with E-state index in [9.17, 15) is 9.90 Å². The summed E-state index contributed by atoms with van der Waals surface area (Å²) < 4.78 is 0. The second-order valence-electron chi connectivity index (χ2n) is 4.41. The topological polar surface area (TPSA) is 52.6 Å². The fourth-order valence-electron chi connectivity index (χ4n) is 1.71. The normalized spacial score (nSPS) is 10.0. The predicted octanol–water partition coefficient (Wildman–Crippen LogP) is 2.71. The molecule has 4 heteroatoms. The van der Waals surface area contributed by atoms with E-state index in [4.69, 9.17) is 0 Å². The quantitative estimate of drug-likeness (QED) is 0.887. The van der Waals surface area contributed by atoms with Gasteiger partial charge in [0.1, 0.15) is 5.75 Å². The van der Waals surface area contributed by atoms with Crippen molar-refractivity contribution in [3.63, 3.8) is 0 Å². The van der Waals surface area contributed by atoms with Gasteiger partial charge in [-0.2, -0.15) is 0 Å². The number of aromatic hydroxyl groups is 1. The van der Waals surface area contributed by atoms with Crippen LogP contribution in [0.3, 0.4) is 0 Å². The summed E-state index contributed by atoms with van der Waals surface area (Å²) in [5, 5.41) is 12.4. The van der Waals surface area contributed by atoms with Gasteiger partial charge in [-0.15, -0.1) is 0 Å². The fourth-order valence-corrected chi connectivity index (χ4v) is 1.71. The average Bonchev–Trinajstić information content (AvgIpc) is 2.39. The van der Waals surface area contributed by atoms with Crippen molar-refractivity contribution in [2.45, 2.75) is 0 Å². The van der Waals surface area contributed by atoms with Crippen LogP contribution in [0.25, 0.3) is 0 Å². The van der Waals surface area contributed by atoms with E-state index < -0.39 is 0 Å². The zero-order valence-electron chi connectivity index (χ0n) is 10.9. The van der Waals surface area contributed by atoms with Crippen LogP contribution in [0.5, 0.6) is 5.75 Å². The number of carbonyl (C=O) groups excluding carboxylic acids is 1. The van der Waals surface area contributed by atoms with Crippen molar-refractivity contribution < 1.29 is 9.90 Å². The minimum Gasteiger partial charge on any atom is -0.507 e. The van der Waals surface area contributed by atoms with E-state index in [-0.39, 0.29) is 17.2 Å². The molecule has 0 saturated heterocycles. The van der Waals surface area contributed by atoms with Gasteiger partial charge in [0.2, 0.25) is 0 Å². The van der Waals surface area contributed by atoms with E-state index in [2.05, 4.69) is 5.32 Å². The number of phenolic OH excluding ortho intramolecular Hbond substituents is 1. The van der Waals surface area contributed by atoms with Gasteiger partial charge < -0.3 is 15.3 Å². The summed E-state index contributed by atoms with van der Waals surface area (Å²) in [6, 6.07) is 14.0. The van der Waals surface area contributed by atoms with Gasteiger partial charge >= 0.3 is 0 Å². The van der Waals surface area contributed by atoms with Gasteiger partial charge in [-0.05, 0) is 36.4 Å². The van der Waals surface area contributed by atoms with Crippen LogP contribution in [-0.2, 0) is 0 Å². The number of phenols is 1. The molecule has 0 radical (unpaired) electrons. The van der Waals surface area contributed by atoms with Crippen molar-refractivity contribution >= 4 is 17.3 Å². The number of amides is 1. The van der Waals surface area contributed by atoms with Gasteiger partial charge in [0.05, 0.1) is 5.56 Å². The Morgan fingerprint density at radius 1 is 1.05 bits per heavy atom. The predicted molar refractivity (Wildman–Crippen MR) is 76.8 cm³/mol. The maximum atomic E-state index is 12.0. The van der Waals surface area contributed by atoms with Gasteiger partial charge in [0.15, 0.2) is 0 Å². The Kier molecular flexibility index (Phi) is 3.71. The van der Waals surface area contributed by atoms with Crippen molar-refractivity contribution in [3.05, 3.63) is 54.1 Å². The second kappa shape index (κ2) is 5.44. The molecule has 0 aliphatic carbocycles. The van der Waals surface area contributed by atoms with E-state index in [1.165, 1.54) is 6.07 Å². The van der Waals surface area contributed by atoms with E-state index in [0.29, 0.717) is 5.69 Å². The number of carbonyl (C=O) groups is 1. The minimum atomic E-state index is -0.323. The van der Waals surface area contributed by atoms with Gasteiger partial charge in [-0.3, -0.25) is 4.79 Å². The van der Waals surface area contributed by atoms with Crippen LogP contribution in [0.1, 0.15) is 10.4 Å². The molecule has 2 N–H and O–H groups in total. The molecule has 0 aromatic heterocycles. The zero-order valence-corrected chi connectivity index (χ0v) is 10.9. The standard InChI is InChI=1S/C15H16N2O2/c1-17(2)12-9-7-11(8-10-12)16-15(19)13-5-3-4-6-14(13)18/h3-10,18H,1-2H3,(H,16,19). The molecule has 0 aliphatic heterocycles. The Hall–Kier alpha value is -2.49. The average molecular weight is 256 g/mol. The number of anilines is 2. The third-order valence-electron chi connectivity index (χ3n) is 2.79. The van der Waals surface area contributed by atoms with Crippen LogP contribution in [0.4, 0.5) is 11.4 Å². The molecular formula is C15H16N2O2. The molecule has 0 atom stereocenters. The highest BCUT2D eigenvalue weighted by molar-refractivity contribution is 6.06. The molecule has 0 fully saturated rings. The molecule has 1 amide bonds. The Balaban J connectivity index is 2.13. The summed E-state index contributed by atoms with van der Waals surface area (Å²) >= 11 is 0. The third kappa shape index (κ3) is 3.04. The van der Waals surface area contributed by atoms with Crippen molar-refractivity contribution in [2.75, 3.05) is 24.3 Å². The van der Waals surface area contributed by atoms with Crippen LogP contribution in [0, 0.1) is 0 Å². The van der Waals surface area contributed by atoms with Crippen molar-refractivity contribution in [1.82, 2.24) is 0 Å². The highest BCUT2D eigenvalue weighted by atomic mass is 16.3. The lowest BCUT2D eigenvalue weighted by Crippen LogP contribution is -2.12. The van der Waals surface area contributed by atoms with E-state index in [0.717, 1.165) is 5.69 Å². The molecule has 2 aromatic rings. The summed E-state index contributed by atoms with van der Waals surface area (Å²) in [7, 11) is 3.91. The number of rotatable bonds is 3. The largest absolute Gasteiger partial charge is 0.507 e. The fraction of sp³-hybridized carbons (Fsp3) is 0.133. The van der Waals surface area contributed by atoms with Gasteiger partial charge in [0.25, 0.3) is 5.91 Å². The van der Waals surface area contributed by atoms with Gasteiger partial charge in [0, 0.05) is 25.5 Å². The van der Waals surface area contributed by atoms with Crippen LogP contribution < -0.4 is 10.2 Å². The maximum absolute atomic E-state index is 12.0. The highest BCUT2D eigenvalue weighted by Crippen LogP contribution is 2.19. The molecule has 2 aromatic carbocycles. The maximum Gasteiger partial charge on any atom is 0.259 e. The van der Waals surface area contributed by atoms with Gasteiger partial charge in [-0.1, -0.05) is 12.1 Å². The first-order chi connectivity index (χ1) is 9.08. The zero-order chi connectivity index (χ0) is 13.8. The number of hydrogen-bond donors (Lipinski definition) is 2. The monoisotopic (exact) mass is 256 g/mol.